The van der Waals surface area contributed by atoms with Crippen LogP contribution < -0.4 is 0 Å². The second kappa shape index (κ2) is 12.9. The van der Waals surface area contributed by atoms with Crippen LogP contribution in [0.4, 0.5) is 0 Å². The second-order valence-electron chi connectivity index (χ2n) is 5.63. The molecule has 0 aromatic heterocycles. The van der Waals surface area contributed by atoms with Gasteiger partial charge in [0.05, 0.1) is 0 Å². The largest absolute Gasteiger partial charge is 0.0885 e. The van der Waals surface area contributed by atoms with Crippen molar-refractivity contribution in [2.45, 2.75) is 89.9 Å². The Morgan fingerprint density at radius 3 is 0.778 bits per heavy atom. The van der Waals surface area contributed by atoms with Crippen molar-refractivity contribution in [3.8, 4) is 0 Å². The van der Waals surface area contributed by atoms with Gasteiger partial charge in [-0.1, -0.05) is 62.8 Å². The second-order valence-corrected chi connectivity index (χ2v) is 5.63. The Morgan fingerprint density at radius 1 is 0.278 bits per heavy atom. The van der Waals surface area contributed by atoms with Crippen LogP contribution in [-0.2, 0) is 0 Å². The number of allylic oxidation sites excluding steroid dienone is 4. The molecule has 2 aliphatic carbocycles. The predicted octanol–water partition coefficient (Wildman–Crippen LogP) is 6.57. The van der Waals surface area contributed by atoms with E-state index in [-0.39, 0.29) is 0 Å². The summed E-state index contributed by atoms with van der Waals surface area (Å²) in [5.74, 6) is 0. The third-order valence-corrected chi connectivity index (χ3v) is 3.82. The van der Waals surface area contributed by atoms with Gasteiger partial charge in [-0.3, -0.25) is 0 Å². The Morgan fingerprint density at radius 2 is 0.500 bits per heavy atom. The Hall–Kier alpha value is -0.520. The van der Waals surface area contributed by atoms with E-state index in [1.165, 1.54) is 89.9 Å². The summed E-state index contributed by atoms with van der Waals surface area (Å²) in [5.41, 5.74) is 0. The third-order valence-electron chi connectivity index (χ3n) is 3.82. The Bertz CT molecular complexity index is 190. The summed E-state index contributed by atoms with van der Waals surface area (Å²) in [4.78, 5) is 0. The summed E-state index contributed by atoms with van der Waals surface area (Å²) in [6.07, 6.45) is 29.0. The van der Waals surface area contributed by atoms with Crippen molar-refractivity contribution >= 4 is 0 Å². The molecular formula is C18H32. The van der Waals surface area contributed by atoms with Crippen molar-refractivity contribution in [1.29, 1.82) is 0 Å². The molecule has 0 aliphatic heterocycles. The molecule has 0 N–H and O–H groups in total. The van der Waals surface area contributed by atoms with Crippen LogP contribution in [0.25, 0.3) is 0 Å². The molecular weight excluding hydrogens is 216 g/mol. The number of hydrogen-bond acceptors (Lipinski definition) is 0. The zero-order chi connectivity index (χ0) is 12.7. The van der Waals surface area contributed by atoms with Gasteiger partial charge < -0.3 is 0 Å². The Labute approximate surface area is 115 Å². The van der Waals surface area contributed by atoms with E-state index in [0.29, 0.717) is 0 Å². The SMILES string of the molecule is C1=CCCCCCCCC1.C1=C\CCCCCC/1. The lowest BCUT2D eigenvalue weighted by atomic mass is 10.1. The molecule has 0 spiro atoms. The molecule has 104 valence electrons. The van der Waals surface area contributed by atoms with E-state index in [4.69, 9.17) is 0 Å². The molecule has 0 aromatic carbocycles. The van der Waals surface area contributed by atoms with Gasteiger partial charge in [0.1, 0.15) is 0 Å². The first-order valence-corrected chi connectivity index (χ1v) is 8.30. The van der Waals surface area contributed by atoms with Gasteiger partial charge in [-0.05, 0) is 51.4 Å². The van der Waals surface area contributed by atoms with Crippen molar-refractivity contribution in [3.05, 3.63) is 24.3 Å². The van der Waals surface area contributed by atoms with Gasteiger partial charge in [-0.2, -0.15) is 0 Å². The van der Waals surface area contributed by atoms with Gasteiger partial charge in [0.25, 0.3) is 0 Å². The highest BCUT2D eigenvalue weighted by Crippen LogP contribution is 2.11. The van der Waals surface area contributed by atoms with Crippen LogP contribution in [0.2, 0.25) is 0 Å². The van der Waals surface area contributed by atoms with Crippen molar-refractivity contribution in [2.24, 2.45) is 0 Å². The smallest absolute Gasteiger partial charge is 0.0351 e. The molecule has 0 saturated carbocycles. The normalized spacial score (nSPS) is 24.0. The van der Waals surface area contributed by atoms with Crippen molar-refractivity contribution in [3.63, 3.8) is 0 Å². The van der Waals surface area contributed by atoms with E-state index >= 15 is 0 Å². The quantitative estimate of drug-likeness (QED) is 0.425. The molecule has 0 bridgehead atoms. The van der Waals surface area contributed by atoms with Crippen molar-refractivity contribution in [1.82, 2.24) is 0 Å². The van der Waals surface area contributed by atoms with E-state index < -0.39 is 0 Å². The van der Waals surface area contributed by atoms with Crippen LogP contribution in [0.15, 0.2) is 24.3 Å². The van der Waals surface area contributed by atoms with Crippen LogP contribution in [0.3, 0.4) is 0 Å². The first-order chi connectivity index (χ1) is 9.00. The molecule has 0 nitrogen and oxygen atoms in total. The third kappa shape index (κ3) is 10.6. The summed E-state index contributed by atoms with van der Waals surface area (Å²) < 4.78 is 0. The van der Waals surface area contributed by atoms with Crippen LogP contribution in [0.5, 0.6) is 0 Å². The molecule has 18 heavy (non-hydrogen) atoms. The number of hydrogen-bond donors (Lipinski definition) is 0. The highest BCUT2D eigenvalue weighted by molar-refractivity contribution is 4.83. The minimum atomic E-state index is 1.32. The van der Waals surface area contributed by atoms with E-state index in [1.807, 2.05) is 0 Å². The minimum Gasteiger partial charge on any atom is -0.0885 e. The van der Waals surface area contributed by atoms with Crippen LogP contribution in [0, 0.1) is 0 Å². The molecule has 0 saturated heterocycles. The lowest BCUT2D eigenvalue weighted by Gasteiger charge is -2.01. The standard InChI is InChI=1S/C10H18.C8H14/c1-2-4-6-8-10-9-7-5-3-1;1-2-4-6-8-7-5-3-1/h1-2H,3-10H2;1-2H,3-8H2/b;2-1-. The van der Waals surface area contributed by atoms with Crippen LogP contribution in [0.1, 0.15) is 89.9 Å². The summed E-state index contributed by atoms with van der Waals surface area (Å²) in [7, 11) is 0. The van der Waals surface area contributed by atoms with Crippen LogP contribution >= 0.6 is 0 Å². The van der Waals surface area contributed by atoms with E-state index in [0.717, 1.165) is 0 Å². The van der Waals surface area contributed by atoms with Crippen LogP contribution in [-0.4, -0.2) is 0 Å². The molecule has 0 unspecified atom stereocenters. The maximum Gasteiger partial charge on any atom is -0.0351 e. The summed E-state index contributed by atoms with van der Waals surface area (Å²) in [6.45, 7) is 0. The van der Waals surface area contributed by atoms with Crippen molar-refractivity contribution < 1.29 is 0 Å². The molecule has 2 aliphatic rings. The van der Waals surface area contributed by atoms with E-state index in [2.05, 4.69) is 24.3 Å². The fourth-order valence-corrected chi connectivity index (χ4v) is 2.58. The maximum absolute atomic E-state index is 2.35. The molecule has 0 amide bonds. The zero-order valence-electron chi connectivity index (χ0n) is 12.2. The Balaban J connectivity index is 0.000000184. The summed E-state index contributed by atoms with van der Waals surface area (Å²) in [6, 6.07) is 0. The first kappa shape index (κ1) is 15.5. The molecule has 0 heterocycles. The zero-order valence-corrected chi connectivity index (χ0v) is 12.2. The van der Waals surface area contributed by atoms with Gasteiger partial charge in [-0.25, -0.2) is 0 Å². The lowest BCUT2D eigenvalue weighted by molar-refractivity contribution is 0.592. The number of rotatable bonds is 0. The van der Waals surface area contributed by atoms with E-state index in [1.54, 1.807) is 0 Å². The molecule has 0 fully saturated rings. The van der Waals surface area contributed by atoms with Gasteiger partial charge in [-0.15, -0.1) is 0 Å². The van der Waals surface area contributed by atoms with E-state index in [9.17, 15) is 0 Å². The molecule has 0 aromatic rings. The average Bonchev–Trinajstić information content (AvgIpc) is 2.36. The maximum atomic E-state index is 2.35. The van der Waals surface area contributed by atoms with Gasteiger partial charge in [0.15, 0.2) is 0 Å². The highest BCUT2D eigenvalue weighted by Gasteiger charge is 1.92. The molecule has 2 rings (SSSR count). The first-order valence-electron chi connectivity index (χ1n) is 8.30. The predicted molar refractivity (Wildman–Crippen MR) is 82.9 cm³/mol. The fraction of sp³-hybridized carbons (Fsp3) is 0.778. The molecule has 0 atom stereocenters. The Kier molecular flexibility index (Phi) is 11.2. The summed E-state index contributed by atoms with van der Waals surface area (Å²) in [5, 5.41) is 0. The molecule has 0 heteroatoms. The van der Waals surface area contributed by atoms with Gasteiger partial charge in [0, 0.05) is 0 Å². The summed E-state index contributed by atoms with van der Waals surface area (Å²) >= 11 is 0. The fourth-order valence-electron chi connectivity index (χ4n) is 2.58. The van der Waals surface area contributed by atoms with Gasteiger partial charge >= 0.3 is 0 Å². The lowest BCUT2D eigenvalue weighted by Crippen LogP contribution is -1.81. The van der Waals surface area contributed by atoms with Crippen molar-refractivity contribution in [2.75, 3.05) is 0 Å². The topological polar surface area (TPSA) is 0 Å². The highest BCUT2D eigenvalue weighted by atomic mass is 14.0. The average molecular weight is 248 g/mol. The minimum absolute atomic E-state index is 1.32. The molecule has 0 radical (unpaired) electrons. The van der Waals surface area contributed by atoms with Gasteiger partial charge in [0.2, 0.25) is 0 Å². The monoisotopic (exact) mass is 248 g/mol.